The summed E-state index contributed by atoms with van der Waals surface area (Å²) in [4.78, 5) is 27.0. The number of rotatable bonds is 7. The lowest BCUT2D eigenvalue weighted by atomic mass is 10.0. The van der Waals surface area contributed by atoms with Gasteiger partial charge in [0, 0.05) is 23.3 Å². The summed E-state index contributed by atoms with van der Waals surface area (Å²) in [6.07, 6.45) is 3.11. The average Bonchev–Trinajstić information content (AvgIpc) is 2.74. The van der Waals surface area contributed by atoms with E-state index < -0.39 is 0 Å². The van der Waals surface area contributed by atoms with Gasteiger partial charge in [0.2, 0.25) is 5.91 Å². The first-order valence-electron chi connectivity index (χ1n) is 10.4. The molecule has 7 heteroatoms. The van der Waals surface area contributed by atoms with Crippen molar-refractivity contribution in [2.45, 2.75) is 38.3 Å². The maximum atomic E-state index is 12.6. The van der Waals surface area contributed by atoms with Crippen LogP contribution in [0.3, 0.4) is 0 Å². The maximum Gasteiger partial charge on any atom is 0.319 e. The number of para-hydroxylation sites is 1. The van der Waals surface area contributed by atoms with Crippen molar-refractivity contribution in [1.29, 1.82) is 0 Å². The number of piperidine rings is 1. The van der Waals surface area contributed by atoms with Crippen LogP contribution in [0.1, 0.15) is 37.8 Å². The molecule has 30 heavy (non-hydrogen) atoms. The van der Waals surface area contributed by atoms with E-state index in [1.807, 2.05) is 61.5 Å². The number of nitrogens with one attached hydrogen (secondary N) is 3. The van der Waals surface area contributed by atoms with Crippen LogP contribution in [0.4, 0.5) is 10.5 Å². The molecule has 2 aromatic rings. The largest absolute Gasteiger partial charge is 0.348 e. The van der Waals surface area contributed by atoms with Crippen molar-refractivity contribution in [3.8, 4) is 0 Å². The van der Waals surface area contributed by atoms with Crippen LogP contribution < -0.4 is 16.0 Å². The zero-order valence-electron chi connectivity index (χ0n) is 17.2. The molecular weight excluding hydrogens is 400 g/mol. The van der Waals surface area contributed by atoms with Crippen LogP contribution in [0.25, 0.3) is 0 Å². The monoisotopic (exact) mass is 428 g/mol. The molecule has 1 saturated heterocycles. The summed E-state index contributed by atoms with van der Waals surface area (Å²) in [5.74, 6) is -0.0388. The van der Waals surface area contributed by atoms with Crippen LogP contribution in [0.5, 0.6) is 0 Å². The third-order valence-electron chi connectivity index (χ3n) is 5.37. The van der Waals surface area contributed by atoms with Gasteiger partial charge in [-0.15, -0.1) is 0 Å². The van der Waals surface area contributed by atoms with Crippen molar-refractivity contribution in [2.75, 3.05) is 25.0 Å². The molecule has 0 aromatic heterocycles. The number of hydrogen-bond donors (Lipinski definition) is 3. The highest BCUT2D eigenvalue weighted by molar-refractivity contribution is 6.31. The summed E-state index contributed by atoms with van der Waals surface area (Å²) in [6.45, 7) is 3.59. The highest BCUT2D eigenvalue weighted by Gasteiger charge is 2.25. The molecule has 0 unspecified atom stereocenters. The Hall–Kier alpha value is -2.57. The van der Waals surface area contributed by atoms with Crippen molar-refractivity contribution < 1.29 is 9.59 Å². The van der Waals surface area contributed by atoms with Crippen molar-refractivity contribution in [1.82, 2.24) is 15.5 Å². The number of halogens is 1. The minimum absolute atomic E-state index is 0.0388. The van der Waals surface area contributed by atoms with E-state index in [9.17, 15) is 9.59 Å². The molecule has 0 bridgehead atoms. The number of carbonyl (C=O) groups is 2. The first-order chi connectivity index (χ1) is 14.5. The van der Waals surface area contributed by atoms with Crippen LogP contribution in [0, 0.1) is 0 Å². The molecule has 160 valence electrons. The number of carbonyl (C=O) groups excluding carboxylic acids is 2. The summed E-state index contributed by atoms with van der Waals surface area (Å²) >= 11 is 6.24. The van der Waals surface area contributed by atoms with E-state index in [2.05, 4.69) is 20.9 Å². The number of nitrogens with zero attached hydrogens (tertiary/aromatic N) is 1. The van der Waals surface area contributed by atoms with E-state index in [0.717, 1.165) is 37.1 Å². The number of amides is 3. The van der Waals surface area contributed by atoms with Crippen molar-refractivity contribution in [2.24, 2.45) is 0 Å². The molecule has 2 atom stereocenters. The fourth-order valence-corrected chi connectivity index (χ4v) is 4.08. The van der Waals surface area contributed by atoms with Crippen LogP contribution >= 0.6 is 11.6 Å². The maximum absolute atomic E-state index is 12.6. The first kappa shape index (κ1) is 22.1. The SMILES string of the molecule is C[C@@H](NC(=O)CN1CCCC[C@H]1CNC(=O)Nc1ccccc1)c1ccccc1Cl. The molecule has 1 fully saturated rings. The molecule has 1 aliphatic heterocycles. The van der Waals surface area contributed by atoms with Gasteiger partial charge in [0.05, 0.1) is 12.6 Å². The van der Waals surface area contributed by atoms with Crippen molar-refractivity contribution >= 4 is 29.2 Å². The lowest BCUT2D eigenvalue weighted by Gasteiger charge is -2.35. The Morgan fingerprint density at radius 2 is 1.83 bits per heavy atom. The molecule has 3 N–H and O–H groups in total. The highest BCUT2D eigenvalue weighted by atomic mass is 35.5. The van der Waals surface area contributed by atoms with Crippen LogP contribution in [-0.4, -0.2) is 42.5 Å². The fourth-order valence-electron chi connectivity index (χ4n) is 3.78. The lowest BCUT2D eigenvalue weighted by Crippen LogP contribution is -2.50. The van der Waals surface area contributed by atoms with Gasteiger partial charge in [-0.2, -0.15) is 0 Å². The quantitative estimate of drug-likeness (QED) is 0.619. The summed E-state index contributed by atoms with van der Waals surface area (Å²) in [5.41, 5.74) is 1.66. The third kappa shape index (κ3) is 6.47. The van der Waals surface area contributed by atoms with E-state index in [-0.39, 0.29) is 24.0 Å². The molecule has 3 amide bonds. The zero-order valence-corrected chi connectivity index (χ0v) is 18.0. The third-order valence-corrected chi connectivity index (χ3v) is 5.72. The molecule has 6 nitrogen and oxygen atoms in total. The standard InChI is InChI=1S/C23H29ClN4O2/c1-17(20-12-5-6-13-21(20)24)26-22(29)16-28-14-8-7-11-19(28)15-25-23(30)27-18-9-3-2-4-10-18/h2-6,9-10,12-13,17,19H,7-8,11,14-16H2,1H3,(H,26,29)(H2,25,27,30)/t17-,19+/m1/s1. The van der Waals surface area contributed by atoms with E-state index in [4.69, 9.17) is 11.6 Å². The molecule has 0 radical (unpaired) electrons. The highest BCUT2D eigenvalue weighted by Crippen LogP contribution is 2.22. The summed E-state index contributed by atoms with van der Waals surface area (Å²) in [7, 11) is 0. The van der Waals surface area contributed by atoms with Crippen molar-refractivity contribution in [3.05, 3.63) is 65.2 Å². The fraction of sp³-hybridized carbons (Fsp3) is 0.391. The van der Waals surface area contributed by atoms with Gasteiger partial charge >= 0.3 is 6.03 Å². The van der Waals surface area contributed by atoms with Gasteiger partial charge in [-0.25, -0.2) is 4.79 Å². The second-order valence-electron chi connectivity index (χ2n) is 7.63. The molecular formula is C23H29ClN4O2. The first-order valence-corrected chi connectivity index (χ1v) is 10.8. The zero-order chi connectivity index (χ0) is 21.3. The average molecular weight is 429 g/mol. The van der Waals surface area contributed by atoms with Gasteiger partial charge in [0.1, 0.15) is 0 Å². The number of anilines is 1. The Morgan fingerprint density at radius 3 is 2.60 bits per heavy atom. The van der Waals surface area contributed by atoms with Crippen LogP contribution in [0.2, 0.25) is 5.02 Å². The van der Waals surface area contributed by atoms with E-state index in [1.165, 1.54) is 0 Å². The van der Waals surface area contributed by atoms with Gasteiger partial charge < -0.3 is 16.0 Å². The predicted molar refractivity (Wildman–Crippen MR) is 121 cm³/mol. The number of urea groups is 1. The predicted octanol–water partition coefficient (Wildman–Crippen LogP) is 4.19. The molecule has 1 heterocycles. The van der Waals surface area contributed by atoms with Gasteiger partial charge in [-0.3, -0.25) is 9.69 Å². The molecule has 1 aliphatic rings. The van der Waals surface area contributed by atoms with Crippen LogP contribution in [0.15, 0.2) is 54.6 Å². The number of benzene rings is 2. The van der Waals surface area contributed by atoms with Gasteiger partial charge in [-0.1, -0.05) is 54.4 Å². The molecule has 0 spiro atoms. The molecule has 3 rings (SSSR count). The minimum Gasteiger partial charge on any atom is -0.348 e. The lowest BCUT2D eigenvalue weighted by molar-refractivity contribution is -0.123. The molecule has 0 aliphatic carbocycles. The number of likely N-dealkylation sites (tertiary alicyclic amines) is 1. The summed E-state index contributed by atoms with van der Waals surface area (Å²) in [6, 6.07) is 16.6. The Bertz CT molecular complexity index is 846. The minimum atomic E-state index is -0.233. The van der Waals surface area contributed by atoms with Crippen molar-refractivity contribution in [3.63, 3.8) is 0 Å². The Morgan fingerprint density at radius 1 is 1.10 bits per heavy atom. The Balaban J connectivity index is 1.49. The van der Waals surface area contributed by atoms with E-state index in [1.54, 1.807) is 0 Å². The van der Waals surface area contributed by atoms with Gasteiger partial charge in [0.15, 0.2) is 0 Å². The number of hydrogen-bond acceptors (Lipinski definition) is 3. The second kappa shape index (κ2) is 11.0. The van der Waals surface area contributed by atoms with E-state index >= 15 is 0 Å². The normalized spacial score (nSPS) is 17.7. The molecule has 2 aromatic carbocycles. The van der Waals surface area contributed by atoms with Gasteiger partial charge in [0.25, 0.3) is 0 Å². The Kier molecular flexibility index (Phi) is 8.11. The smallest absolute Gasteiger partial charge is 0.319 e. The molecule has 0 saturated carbocycles. The van der Waals surface area contributed by atoms with Gasteiger partial charge in [-0.05, 0) is 50.1 Å². The van der Waals surface area contributed by atoms with E-state index in [0.29, 0.717) is 18.1 Å². The Labute approximate surface area is 183 Å². The topological polar surface area (TPSA) is 73.5 Å². The summed E-state index contributed by atoms with van der Waals surface area (Å²) < 4.78 is 0. The second-order valence-corrected chi connectivity index (χ2v) is 8.04. The summed E-state index contributed by atoms with van der Waals surface area (Å²) in [5, 5.41) is 9.45. The van der Waals surface area contributed by atoms with Crippen LogP contribution in [-0.2, 0) is 4.79 Å².